The van der Waals surface area contributed by atoms with Gasteiger partial charge in [0.1, 0.15) is 6.04 Å². The van der Waals surface area contributed by atoms with Crippen molar-refractivity contribution < 1.29 is 33.2 Å². The summed E-state index contributed by atoms with van der Waals surface area (Å²) >= 11 is 0. The average Bonchev–Trinajstić information content (AvgIpc) is 2.70. The lowest BCUT2D eigenvalue weighted by Crippen LogP contribution is -2.87. The Kier molecular flexibility index (Phi) is 8.54. The lowest BCUT2D eigenvalue weighted by Gasteiger charge is -2.13. The van der Waals surface area contributed by atoms with Crippen LogP contribution in [0.1, 0.15) is 32.4 Å². The zero-order valence-electron chi connectivity index (χ0n) is 17.1. The van der Waals surface area contributed by atoms with E-state index in [0.29, 0.717) is 36.0 Å². The standard InChI is InChI=1S/C21H25F2N3O4/c1-4-29-18-9-7-15(11-19(18)30-5-2)25-21(28)26-20(27)12-24-13(3)14-6-8-16(22)17(23)10-14/h6-11,13,24H,4-5,12H2,1-3H3,(H2,25,26,27,28)/p+1/t13-/m0/s1. The predicted octanol–water partition coefficient (Wildman–Crippen LogP) is 2.73. The molecular formula is C21H26F2N3O4+. The van der Waals surface area contributed by atoms with Gasteiger partial charge >= 0.3 is 6.03 Å². The van der Waals surface area contributed by atoms with Crippen molar-refractivity contribution >= 4 is 17.6 Å². The highest BCUT2D eigenvalue weighted by Crippen LogP contribution is 2.30. The van der Waals surface area contributed by atoms with Gasteiger partial charge in [0.05, 0.1) is 13.2 Å². The second-order valence-electron chi connectivity index (χ2n) is 6.43. The smallest absolute Gasteiger partial charge is 0.326 e. The predicted molar refractivity (Wildman–Crippen MR) is 108 cm³/mol. The van der Waals surface area contributed by atoms with E-state index in [1.54, 1.807) is 30.4 Å². The summed E-state index contributed by atoms with van der Waals surface area (Å²) in [6, 6.07) is 7.49. The van der Waals surface area contributed by atoms with Crippen molar-refractivity contribution in [2.75, 3.05) is 25.1 Å². The fraction of sp³-hybridized carbons (Fsp3) is 0.333. The molecule has 0 saturated carbocycles. The largest absolute Gasteiger partial charge is 0.490 e. The summed E-state index contributed by atoms with van der Waals surface area (Å²) in [5.41, 5.74) is 0.968. The Morgan fingerprint density at radius 2 is 1.70 bits per heavy atom. The van der Waals surface area contributed by atoms with Crippen LogP contribution in [0.25, 0.3) is 0 Å². The van der Waals surface area contributed by atoms with Gasteiger partial charge < -0.3 is 20.1 Å². The minimum Gasteiger partial charge on any atom is -0.490 e. The van der Waals surface area contributed by atoms with Crippen molar-refractivity contribution in [3.8, 4) is 11.5 Å². The molecule has 2 aromatic carbocycles. The number of urea groups is 1. The number of amides is 3. The number of hydrogen-bond acceptors (Lipinski definition) is 4. The third-order valence-electron chi connectivity index (χ3n) is 4.18. The normalized spacial score (nSPS) is 11.5. The monoisotopic (exact) mass is 422 g/mol. The van der Waals surface area contributed by atoms with Crippen LogP contribution >= 0.6 is 0 Å². The Morgan fingerprint density at radius 1 is 1.00 bits per heavy atom. The van der Waals surface area contributed by atoms with Crippen molar-refractivity contribution in [1.29, 1.82) is 0 Å². The van der Waals surface area contributed by atoms with Crippen LogP contribution in [0, 0.1) is 11.6 Å². The Hall–Kier alpha value is -3.20. The first-order valence-electron chi connectivity index (χ1n) is 9.62. The maximum Gasteiger partial charge on any atom is 0.326 e. The Balaban J connectivity index is 1.87. The van der Waals surface area contributed by atoms with Crippen molar-refractivity contribution in [2.45, 2.75) is 26.8 Å². The number of benzene rings is 2. The number of ether oxygens (including phenoxy) is 2. The maximum atomic E-state index is 13.3. The van der Waals surface area contributed by atoms with Crippen LogP contribution in [-0.4, -0.2) is 31.7 Å². The first-order valence-corrected chi connectivity index (χ1v) is 9.62. The van der Waals surface area contributed by atoms with E-state index in [1.807, 2.05) is 13.8 Å². The number of carbonyl (C=O) groups is 2. The van der Waals surface area contributed by atoms with Gasteiger partial charge in [-0.05, 0) is 51.1 Å². The van der Waals surface area contributed by atoms with Gasteiger partial charge in [-0.25, -0.2) is 13.6 Å². The fourth-order valence-corrected chi connectivity index (χ4v) is 2.68. The number of anilines is 1. The highest BCUT2D eigenvalue weighted by atomic mass is 19.2. The molecule has 0 fully saturated rings. The van der Waals surface area contributed by atoms with Gasteiger partial charge in [0.25, 0.3) is 5.91 Å². The van der Waals surface area contributed by atoms with Gasteiger partial charge in [0.15, 0.2) is 29.7 Å². The lowest BCUT2D eigenvalue weighted by molar-refractivity contribution is -0.682. The summed E-state index contributed by atoms with van der Waals surface area (Å²) in [7, 11) is 0. The van der Waals surface area contributed by atoms with E-state index >= 15 is 0 Å². The molecule has 0 aromatic heterocycles. The molecule has 1 atom stereocenters. The first-order chi connectivity index (χ1) is 14.3. The molecule has 4 N–H and O–H groups in total. The fourth-order valence-electron chi connectivity index (χ4n) is 2.68. The van der Waals surface area contributed by atoms with Crippen LogP contribution in [0.4, 0.5) is 19.3 Å². The van der Waals surface area contributed by atoms with Crippen molar-refractivity contribution in [3.05, 3.63) is 53.6 Å². The van der Waals surface area contributed by atoms with Crippen LogP contribution in [0.5, 0.6) is 11.5 Å². The average molecular weight is 422 g/mol. The first kappa shape index (κ1) is 23.1. The van der Waals surface area contributed by atoms with Crippen molar-refractivity contribution in [1.82, 2.24) is 5.32 Å². The molecule has 0 radical (unpaired) electrons. The lowest BCUT2D eigenvalue weighted by atomic mass is 10.1. The topological polar surface area (TPSA) is 93.3 Å². The molecule has 0 spiro atoms. The zero-order chi connectivity index (χ0) is 22.1. The van der Waals surface area contributed by atoms with Crippen LogP contribution < -0.4 is 25.4 Å². The summed E-state index contributed by atoms with van der Waals surface area (Å²) in [6.45, 7) is 6.27. The number of imide groups is 1. The molecule has 2 aromatic rings. The molecular weight excluding hydrogens is 396 g/mol. The number of quaternary nitrogens is 1. The van der Waals surface area contributed by atoms with E-state index in [1.165, 1.54) is 6.07 Å². The number of hydrogen-bond donors (Lipinski definition) is 3. The van der Waals surface area contributed by atoms with Gasteiger partial charge in [-0.2, -0.15) is 0 Å². The van der Waals surface area contributed by atoms with Crippen LogP contribution in [0.2, 0.25) is 0 Å². The molecule has 0 aliphatic carbocycles. The maximum absolute atomic E-state index is 13.3. The van der Waals surface area contributed by atoms with Crippen molar-refractivity contribution in [3.63, 3.8) is 0 Å². The Bertz CT molecular complexity index is 893. The summed E-state index contributed by atoms with van der Waals surface area (Å²) in [4.78, 5) is 24.1. The van der Waals surface area contributed by atoms with Crippen molar-refractivity contribution in [2.24, 2.45) is 0 Å². The van der Waals surface area contributed by atoms with Gasteiger partial charge in [-0.15, -0.1) is 0 Å². The molecule has 0 bridgehead atoms. The van der Waals surface area contributed by atoms with Gasteiger partial charge in [-0.3, -0.25) is 10.1 Å². The van der Waals surface area contributed by atoms with E-state index in [9.17, 15) is 18.4 Å². The highest BCUT2D eigenvalue weighted by Gasteiger charge is 2.16. The van der Waals surface area contributed by atoms with Crippen LogP contribution in [-0.2, 0) is 4.79 Å². The summed E-state index contributed by atoms with van der Waals surface area (Å²) < 4.78 is 37.3. The summed E-state index contributed by atoms with van der Waals surface area (Å²) in [5, 5.41) is 6.39. The quantitative estimate of drug-likeness (QED) is 0.579. The molecule has 162 valence electrons. The minimum atomic E-state index is -0.946. The SMILES string of the molecule is CCOc1ccc(NC(=O)NC(=O)C[NH2+][C@@H](C)c2ccc(F)c(F)c2)cc1OCC. The Labute approximate surface area is 173 Å². The molecule has 0 aliphatic rings. The van der Waals surface area contributed by atoms with E-state index in [-0.39, 0.29) is 12.6 Å². The van der Waals surface area contributed by atoms with E-state index in [0.717, 1.165) is 12.1 Å². The Morgan fingerprint density at radius 3 is 2.37 bits per heavy atom. The number of nitrogens with one attached hydrogen (secondary N) is 2. The number of halogens is 2. The number of rotatable bonds is 9. The second-order valence-corrected chi connectivity index (χ2v) is 6.43. The van der Waals surface area contributed by atoms with E-state index in [2.05, 4.69) is 10.6 Å². The molecule has 7 nitrogen and oxygen atoms in total. The highest BCUT2D eigenvalue weighted by molar-refractivity contribution is 6.01. The van der Waals surface area contributed by atoms with Gasteiger partial charge in [0, 0.05) is 17.3 Å². The number of nitrogens with two attached hydrogens (primary N) is 1. The molecule has 2 rings (SSSR count). The minimum absolute atomic E-state index is 0.0684. The van der Waals surface area contributed by atoms with Crippen LogP contribution in [0.15, 0.2) is 36.4 Å². The van der Waals surface area contributed by atoms with Gasteiger partial charge in [0.2, 0.25) is 0 Å². The molecule has 0 saturated heterocycles. The van der Waals surface area contributed by atoms with E-state index in [4.69, 9.17) is 9.47 Å². The zero-order valence-corrected chi connectivity index (χ0v) is 17.1. The third kappa shape index (κ3) is 6.70. The molecule has 0 aliphatic heterocycles. The molecule has 3 amide bonds. The second kappa shape index (κ2) is 11.1. The molecule has 0 heterocycles. The molecule has 9 heteroatoms. The third-order valence-corrected chi connectivity index (χ3v) is 4.18. The summed E-state index contributed by atoms with van der Waals surface area (Å²) in [6.07, 6.45) is 0. The molecule has 30 heavy (non-hydrogen) atoms. The van der Waals surface area contributed by atoms with E-state index < -0.39 is 23.6 Å². The molecule has 0 unspecified atom stereocenters. The van der Waals surface area contributed by atoms with Crippen LogP contribution in [0.3, 0.4) is 0 Å². The summed E-state index contributed by atoms with van der Waals surface area (Å²) in [5.74, 6) is -1.36. The number of carbonyl (C=O) groups excluding carboxylic acids is 2. The van der Waals surface area contributed by atoms with Gasteiger partial charge in [-0.1, -0.05) is 0 Å².